The van der Waals surface area contributed by atoms with Gasteiger partial charge in [-0.2, -0.15) is 0 Å². The molecule has 0 saturated heterocycles. The van der Waals surface area contributed by atoms with Gasteiger partial charge in [0.2, 0.25) is 0 Å². The molecule has 0 radical (unpaired) electrons. The van der Waals surface area contributed by atoms with Gasteiger partial charge in [0, 0.05) is 0 Å². The van der Waals surface area contributed by atoms with Crippen LogP contribution in [0, 0.1) is 5.82 Å². The maximum atomic E-state index is 13.2. The summed E-state index contributed by atoms with van der Waals surface area (Å²) in [6, 6.07) is 3.33. The second kappa shape index (κ2) is 4.91. The lowest BCUT2D eigenvalue weighted by Crippen LogP contribution is -2.04. The molecule has 0 aliphatic rings. The highest BCUT2D eigenvalue weighted by molar-refractivity contribution is 9.10. The van der Waals surface area contributed by atoms with Crippen molar-refractivity contribution < 1.29 is 9.23 Å². The minimum Gasteiger partial charge on any atom is -0.304 e. The maximum Gasteiger partial charge on any atom is 0.156 e. The molecule has 0 aliphatic carbocycles. The van der Waals surface area contributed by atoms with Crippen LogP contribution in [0.1, 0.15) is 5.56 Å². The molecule has 2 N–H and O–H groups in total. The predicted molar refractivity (Wildman–Crippen MR) is 53.0 cm³/mol. The van der Waals surface area contributed by atoms with Crippen molar-refractivity contribution in [3.63, 3.8) is 0 Å². The quantitative estimate of drug-likeness (QED) is 0.676. The predicted octanol–water partition coefficient (Wildman–Crippen LogP) is 2.67. The van der Waals surface area contributed by atoms with E-state index in [0.29, 0.717) is 23.1 Å². The molecule has 0 aliphatic heterocycles. The Morgan fingerprint density at radius 1 is 1.54 bits per heavy atom. The monoisotopic (exact) mass is 267 g/mol. The van der Waals surface area contributed by atoms with Gasteiger partial charge in [0.1, 0.15) is 0 Å². The number of benzene rings is 1. The highest BCUT2D eigenvalue weighted by atomic mass is 79.9. The second-order valence-corrected chi connectivity index (χ2v) is 3.69. The Hall–Kier alpha value is -0.160. The molecular weight excluding hydrogens is 260 g/mol. The van der Waals surface area contributed by atoms with Crippen LogP contribution >= 0.6 is 27.5 Å². The molecule has 13 heavy (non-hydrogen) atoms. The largest absolute Gasteiger partial charge is 0.304 e. The van der Waals surface area contributed by atoms with Gasteiger partial charge >= 0.3 is 0 Å². The van der Waals surface area contributed by atoms with Gasteiger partial charge < -0.3 is 4.84 Å². The number of hydrogen-bond donors (Lipinski definition) is 1. The lowest BCUT2D eigenvalue weighted by Gasteiger charge is -2.05. The van der Waals surface area contributed by atoms with Crippen molar-refractivity contribution in [2.24, 2.45) is 5.90 Å². The van der Waals surface area contributed by atoms with Crippen LogP contribution in [0.25, 0.3) is 0 Å². The van der Waals surface area contributed by atoms with Crippen molar-refractivity contribution in [2.75, 3.05) is 6.61 Å². The van der Waals surface area contributed by atoms with Crippen molar-refractivity contribution in [3.8, 4) is 0 Å². The first kappa shape index (κ1) is 10.9. The molecule has 1 aromatic carbocycles. The molecule has 0 unspecified atom stereocenters. The Balaban J connectivity index is 2.90. The molecule has 0 atom stereocenters. The first-order valence-corrected chi connectivity index (χ1v) is 4.78. The summed E-state index contributed by atoms with van der Waals surface area (Å²) >= 11 is 8.77. The zero-order valence-corrected chi connectivity index (χ0v) is 9.03. The molecule has 2 nitrogen and oxygen atoms in total. The van der Waals surface area contributed by atoms with E-state index in [0.717, 1.165) is 0 Å². The molecule has 0 saturated carbocycles. The minimum absolute atomic E-state index is 0.117. The fourth-order valence-corrected chi connectivity index (χ4v) is 1.63. The molecule has 5 heteroatoms. The van der Waals surface area contributed by atoms with Gasteiger partial charge in [0.05, 0.1) is 16.1 Å². The molecule has 1 rings (SSSR count). The van der Waals surface area contributed by atoms with Gasteiger partial charge in [-0.05, 0) is 34.0 Å². The van der Waals surface area contributed by atoms with Crippen LogP contribution in [-0.2, 0) is 11.3 Å². The first-order valence-electron chi connectivity index (χ1n) is 3.61. The SMILES string of the molecule is NOCCc1ccc(Br)c(F)c1Cl. The van der Waals surface area contributed by atoms with E-state index in [1.54, 1.807) is 12.1 Å². The van der Waals surface area contributed by atoms with Crippen LogP contribution in [0.4, 0.5) is 4.39 Å². The summed E-state index contributed by atoms with van der Waals surface area (Å²) in [6.07, 6.45) is 0.500. The molecule has 0 spiro atoms. The molecule has 0 amide bonds. The Morgan fingerprint density at radius 3 is 2.85 bits per heavy atom. The number of hydrogen-bond acceptors (Lipinski definition) is 2. The van der Waals surface area contributed by atoms with E-state index >= 15 is 0 Å². The molecule has 0 fully saturated rings. The van der Waals surface area contributed by atoms with Crippen molar-refractivity contribution in [1.29, 1.82) is 0 Å². The Kier molecular flexibility index (Phi) is 4.12. The van der Waals surface area contributed by atoms with E-state index in [1.807, 2.05) is 0 Å². The average Bonchev–Trinajstić information content (AvgIpc) is 2.13. The van der Waals surface area contributed by atoms with Gasteiger partial charge in [-0.15, -0.1) is 0 Å². The number of halogens is 3. The van der Waals surface area contributed by atoms with Crippen molar-refractivity contribution in [3.05, 3.63) is 33.0 Å². The van der Waals surface area contributed by atoms with Crippen LogP contribution in [0.5, 0.6) is 0 Å². The van der Waals surface area contributed by atoms with Crippen LogP contribution in [-0.4, -0.2) is 6.61 Å². The van der Waals surface area contributed by atoms with Gasteiger partial charge in [0.15, 0.2) is 5.82 Å². The topological polar surface area (TPSA) is 35.2 Å². The fourth-order valence-electron chi connectivity index (χ4n) is 0.928. The zero-order chi connectivity index (χ0) is 9.84. The summed E-state index contributed by atoms with van der Waals surface area (Å²) in [5.74, 6) is 4.40. The fraction of sp³-hybridized carbons (Fsp3) is 0.250. The van der Waals surface area contributed by atoms with E-state index < -0.39 is 5.82 Å². The molecule has 72 valence electrons. The van der Waals surface area contributed by atoms with E-state index in [4.69, 9.17) is 17.5 Å². The lowest BCUT2D eigenvalue weighted by molar-refractivity contribution is 0.141. The summed E-state index contributed by atoms with van der Waals surface area (Å²) in [7, 11) is 0. The van der Waals surface area contributed by atoms with E-state index in [2.05, 4.69) is 20.8 Å². The number of rotatable bonds is 3. The zero-order valence-electron chi connectivity index (χ0n) is 6.69. The van der Waals surface area contributed by atoms with E-state index in [9.17, 15) is 4.39 Å². The van der Waals surface area contributed by atoms with Crippen molar-refractivity contribution >= 4 is 27.5 Å². The molecule has 0 heterocycles. The summed E-state index contributed by atoms with van der Waals surface area (Å²) in [4.78, 5) is 4.38. The maximum absolute atomic E-state index is 13.2. The summed E-state index contributed by atoms with van der Waals surface area (Å²) < 4.78 is 13.5. The summed E-state index contributed by atoms with van der Waals surface area (Å²) in [6.45, 7) is 0.320. The van der Waals surface area contributed by atoms with E-state index in [1.165, 1.54) is 0 Å². The average molecular weight is 269 g/mol. The third-order valence-electron chi connectivity index (χ3n) is 1.60. The number of nitrogens with two attached hydrogens (primary N) is 1. The van der Waals surface area contributed by atoms with E-state index in [-0.39, 0.29) is 5.02 Å². The van der Waals surface area contributed by atoms with Crippen molar-refractivity contribution in [2.45, 2.75) is 6.42 Å². The van der Waals surface area contributed by atoms with Gasteiger partial charge in [-0.25, -0.2) is 10.3 Å². The smallest absolute Gasteiger partial charge is 0.156 e. The van der Waals surface area contributed by atoms with Crippen LogP contribution in [0.2, 0.25) is 5.02 Å². The Morgan fingerprint density at radius 2 is 2.23 bits per heavy atom. The Bertz CT molecular complexity index is 308. The lowest BCUT2D eigenvalue weighted by atomic mass is 10.1. The summed E-state index contributed by atoms with van der Waals surface area (Å²) in [5.41, 5.74) is 0.688. The molecular formula is C8H8BrClFNO. The van der Waals surface area contributed by atoms with Crippen LogP contribution in [0.3, 0.4) is 0 Å². The molecule has 1 aromatic rings. The van der Waals surface area contributed by atoms with Gasteiger partial charge in [-0.1, -0.05) is 17.7 Å². The van der Waals surface area contributed by atoms with Crippen molar-refractivity contribution in [1.82, 2.24) is 0 Å². The third kappa shape index (κ3) is 2.64. The first-order chi connectivity index (χ1) is 6.16. The van der Waals surface area contributed by atoms with Gasteiger partial charge in [0.25, 0.3) is 0 Å². The normalized spacial score (nSPS) is 10.5. The molecule has 0 bridgehead atoms. The minimum atomic E-state index is -0.448. The van der Waals surface area contributed by atoms with Gasteiger partial charge in [-0.3, -0.25) is 0 Å². The summed E-state index contributed by atoms with van der Waals surface area (Å²) in [5, 5.41) is 0.117. The second-order valence-electron chi connectivity index (χ2n) is 2.46. The highest BCUT2D eigenvalue weighted by Gasteiger charge is 2.09. The standard InChI is InChI=1S/C8H8BrClFNO/c9-6-2-1-5(3-4-13-12)7(10)8(6)11/h1-2H,3-4,12H2. The van der Waals surface area contributed by atoms with Crippen LogP contribution in [0.15, 0.2) is 16.6 Å². The molecule has 0 aromatic heterocycles. The Labute approximate surface area is 88.9 Å². The third-order valence-corrected chi connectivity index (χ3v) is 2.63. The highest BCUT2D eigenvalue weighted by Crippen LogP contribution is 2.26. The van der Waals surface area contributed by atoms with Crippen LogP contribution < -0.4 is 5.90 Å².